The fraction of sp³-hybridized carbons (Fsp3) is 0.350. The van der Waals surface area contributed by atoms with Gasteiger partial charge in [0.1, 0.15) is 0 Å². The Morgan fingerprint density at radius 1 is 1.04 bits per heavy atom. The van der Waals surface area contributed by atoms with Crippen LogP contribution in [0.15, 0.2) is 47.4 Å². The lowest BCUT2D eigenvalue weighted by atomic mass is 10.0. The van der Waals surface area contributed by atoms with E-state index in [4.69, 9.17) is 9.47 Å². The van der Waals surface area contributed by atoms with Crippen LogP contribution in [0.1, 0.15) is 34.8 Å². The zero-order valence-corrected chi connectivity index (χ0v) is 16.5. The molecular weight excluding hydrogens is 366 g/mol. The van der Waals surface area contributed by atoms with Gasteiger partial charge in [-0.1, -0.05) is 6.07 Å². The highest BCUT2D eigenvalue weighted by molar-refractivity contribution is 7.90. The number of benzene rings is 2. The molecule has 0 unspecified atom stereocenters. The van der Waals surface area contributed by atoms with Crippen molar-refractivity contribution in [1.82, 2.24) is 4.90 Å². The molecule has 27 heavy (non-hydrogen) atoms. The number of hydrogen-bond acceptors (Lipinski definition) is 5. The number of ether oxygens (including phenoxy) is 2. The zero-order chi connectivity index (χ0) is 19.6. The molecule has 0 N–H and O–H groups in total. The topological polar surface area (TPSA) is 72.9 Å². The van der Waals surface area contributed by atoms with Gasteiger partial charge in [-0.05, 0) is 54.8 Å². The average molecular weight is 389 g/mol. The summed E-state index contributed by atoms with van der Waals surface area (Å²) in [5.41, 5.74) is 1.47. The minimum atomic E-state index is -3.28. The lowest BCUT2D eigenvalue weighted by Crippen LogP contribution is -2.30. The SMILES string of the molecule is COc1ccc([C@@H]2CCCN2C(=O)c2ccc(S(C)(=O)=O)cc2)cc1OC. The van der Waals surface area contributed by atoms with E-state index in [9.17, 15) is 13.2 Å². The van der Waals surface area contributed by atoms with Crippen molar-refractivity contribution in [1.29, 1.82) is 0 Å². The van der Waals surface area contributed by atoms with Gasteiger partial charge in [0.2, 0.25) is 0 Å². The molecule has 0 saturated carbocycles. The van der Waals surface area contributed by atoms with Crippen LogP contribution in [0.4, 0.5) is 0 Å². The Kier molecular flexibility index (Phi) is 5.41. The second-order valence-electron chi connectivity index (χ2n) is 6.57. The summed E-state index contributed by atoms with van der Waals surface area (Å²) in [7, 11) is -0.111. The van der Waals surface area contributed by atoms with Crippen LogP contribution in [0.2, 0.25) is 0 Å². The molecule has 0 spiro atoms. The van der Waals surface area contributed by atoms with Gasteiger partial charge < -0.3 is 14.4 Å². The van der Waals surface area contributed by atoms with Crippen LogP contribution in [-0.2, 0) is 9.84 Å². The number of amides is 1. The van der Waals surface area contributed by atoms with Gasteiger partial charge in [0.15, 0.2) is 21.3 Å². The fourth-order valence-electron chi connectivity index (χ4n) is 3.43. The van der Waals surface area contributed by atoms with E-state index in [1.54, 1.807) is 26.4 Å². The van der Waals surface area contributed by atoms with Crippen molar-refractivity contribution in [2.24, 2.45) is 0 Å². The van der Waals surface area contributed by atoms with Gasteiger partial charge in [0.05, 0.1) is 25.2 Å². The maximum atomic E-state index is 13.0. The van der Waals surface area contributed by atoms with E-state index >= 15 is 0 Å². The summed E-state index contributed by atoms with van der Waals surface area (Å²) in [6, 6.07) is 11.7. The Bertz CT molecular complexity index is 937. The van der Waals surface area contributed by atoms with Gasteiger partial charge in [0, 0.05) is 18.4 Å². The summed E-state index contributed by atoms with van der Waals surface area (Å²) in [4.78, 5) is 15.0. The van der Waals surface area contributed by atoms with E-state index < -0.39 is 9.84 Å². The van der Waals surface area contributed by atoms with Gasteiger partial charge in [-0.3, -0.25) is 4.79 Å². The number of carbonyl (C=O) groups is 1. The first-order valence-corrected chi connectivity index (χ1v) is 10.6. The molecule has 2 aromatic carbocycles. The molecule has 1 amide bonds. The normalized spacial score (nSPS) is 17.0. The Morgan fingerprint density at radius 2 is 1.70 bits per heavy atom. The largest absolute Gasteiger partial charge is 0.493 e. The highest BCUT2D eigenvalue weighted by Crippen LogP contribution is 2.37. The Labute approximate surface area is 159 Å². The summed E-state index contributed by atoms with van der Waals surface area (Å²) in [6.07, 6.45) is 2.92. The van der Waals surface area contributed by atoms with Crippen molar-refractivity contribution >= 4 is 15.7 Å². The van der Waals surface area contributed by atoms with Gasteiger partial charge in [-0.2, -0.15) is 0 Å². The molecule has 1 fully saturated rings. The molecule has 7 heteroatoms. The van der Waals surface area contributed by atoms with Crippen molar-refractivity contribution in [3.63, 3.8) is 0 Å². The van der Waals surface area contributed by atoms with Crippen LogP contribution < -0.4 is 9.47 Å². The molecule has 1 atom stereocenters. The summed E-state index contributed by atoms with van der Waals surface area (Å²) < 4.78 is 33.9. The summed E-state index contributed by atoms with van der Waals surface area (Å²) >= 11 is 0. The quantitative estimate of drug-likeness (QED) is 0.786. The maximum absolute atomic E-state index is 13.0. The van der Waals surface area contributed by atoms with E-state index in [1.165, 1.54) is 12.1 Å². The summed E-state index contributed by atoms with van der Waals surface area (Å²) in [5, 5.41) is 0. The minimum Gasteiger partial charge on any atom is -0.493 e. The first-order valence-electron chi connectivity index (χ1n) is 8.68. The first-order chi connectivity index (χ1) is 12.8. The van der Waals surface area contributed by atoms with Gasteiger partial charge in [-0.15, -0.1) is 0 Å². The number of nitrogens with zero attached hydrogens (tertiary/aromatic N) is 1. The smallest absolute Gasteiger partial charge is 0.254 e. The predicted octanol–water partition coefficient (Wildman–Crippen LogP) is 3.08. The third-order valence-electron chi connectivity index (χ3n) is 4.84. The summed E-state index contributed by atoms with van der Waals surface area (Å²) in [6.45, 7) is 0.658. The molecule has 1 aliphatic rings. The van der Waals surface area contributed by atoms with Crippen LogP contribution >= 0.6 is 0 Å². The number of sulfone groups is 1. The van der Waals surface area contributed by atoms with E-state index in [-0.39, 0.29) is 16.8 Å². The number of likely N-dealkylation sites (tertiary alicyclic amines) is 1. The van der Waals surface area contributed by atoms with Gasteiger partial charge >= 0.3 is 0 Å². The van der Waals surface area contributed by atoms with E-state index in [0.717, 1.165) is 24.7 Å². The fourth-order valence-corrected chi connectivity index (χ4v) is 4.06. The van der Waals surface area contributed by atoms with Crippen molar-refractivity contribution in [2.75, 3.05) is 27.0 Å². The Balaban J connectivity index is 1.87. The van der Waals surface area contributed by atoms with E-state index in [2.05, 4.69) is 0 Å². The molecule has 144 valence electrons. The van der Waals surface area contributed by atoms with Crippen LogP contribution in [-0.4, -0.2) is 46.2 Å². The molecule has 0 radical (unpaired) electrons. The summed E-state index contributed by atoms with van der Waals surface area (Å²) in [5.74, 6) is 1.17. The van der Waals surface area contributed by atoms with E-state index in [0.29, 0.717) is 23.6 Å². The number of hydrogen-bond donors (Lipinski definition) is 0. The zero-order valence-electron chi connectivity index (χ0n) is 15.6. The molecule has 0 aliphatic carbocycles. The molecule has 3 rings (SSSR count). The standard InChI is InChI=1S/C20H23NO5S/c1-25-18-11-8-15(13-19(18)26-2)17-5-4-12-21(17)20(22)14-6-9-16(10-7-14)27(3,23)24/h6-11,13,17H,4-5,12H2,1-3H3/t17-/m0/s1. The van der Waals surface area contributed by atoms with Crippen LogP contribution in [0.5, 0.6) is 11.5 Å². The monoisotopic (exact) mass is 389 g/mol. The van der Waals surface area contributed by atoms with Crippen molar-refractivity contribution in [3.05, 3.63) is 53.6 Å². The van der Waals surface area contributed by atoms with Gasteiger partial charge in [-0.25, -0.2) is 8.42 Å². The highest BCUT2D eigenvalue weighted by atomic mass is 32.2. The van der Waals surface area contributed by atoms with Crippen LogP contribution in [0, 0.1) is 0 Å². The first kappa shape index (κ1) is 19.2. The van der Waals surface area contributed by atoms with Gasteiger partial charge in [0.25, 0.3) is 5.91 Å². The number of methoxy groups -OCH3 is 2. The Morgan fingerprint density at radius 3 is 2.30 bits per heavy atom. The highest BCUT2D eigenvalue weighted by Gasteiger charge is 2.31. The molecule has 2 aromatic rings. The molecule has 0 bridgehead atoms. The van der Waals surface area contributed by atoms with Crippen LogP contribution in [0.3, 0.4) is 0 Å². The Hall–Kier alpha value is -2.54. The minimum absolute atomic E-state index is 0.0492. The lowest BCUT2D eigenvalue weighted by molar-refractivity contribution is 0.0735. The molecule has 1 saturated heterocycles. The average Bonchev–Trinajstić information content (AvgIpc) is 3.16. The third kappa shape index (κ3) is 3.93. The van der Waals surface area contributed by atoms with Crippen molar-refractivity contribution in [3.8, 4) is 11.5 Å². The number of carbonyl (C=O) groups excluding carboxylic acids is 1. The van der Waals surface area contributed by atoms with Crippen molar-refractivity contribution < 1.29 is 22.7 Å². The second kappa shape index (κ2) is 7.60. The van der Waals surface area contributed by atoms with E-state index in [1.807, 2.05) is 23.1 Å². The maximum Gasteiger partial charge on any atom is 0.254 e. The molecule has 0 aromatic heterocycles. The second-order valence-corrected chi connectivity index (χ2v) is 8.58. The number of rotatable bonds is 5. The molecular formula is C20H23NO5S. The predicted molar refractivity (Wildman–Crippen MR) is 102 cm³/mol. The molecule has 1 heterocycles. The van der Waals surface area contributed by atoms with Crippen molar-refractivity contribution in [2.45, 2.75) is 23.8 Å². The lowest BCUT2D eigenvalue weighted by Gasteiger charge is -2.26. The van der Waals surface area contributed by atoms with Crippen LogP contribution in [0.25, 0.3) is 0 Å². The molecule has 6 nitrogen and oxygen atoms in total. The third-order valence-corrected chi connectivity index (χ3v) is 5.96. The molecule has 1 aliphatic heterocycles.